The molecule has 4 N–H and O–H groups in total. The first-order chi connectivity index (χ1) is 19.3. The van der Waals surface area contributed by atoms with E-state index >= 15 is 0 Å². The van der Waals surface area contributed by atoms with Crippen molar-refractivity contribution in [2.45, 2.75) is 13.0 Å². The minimum absolute atomic E-state index is 0.0435. The molecule has 0 fully saturated rings. The fraction of sp³-hybridized carbons (Fsp3) is 0.107. The number of halogens is 2. The molecule has 5 rings (SSSR count). The van der Waals surface area contributed by atoms with Crippen molar-refractivity contribution < 1.29 is 23.2 Å². The number of H-pyrrole nitrogens is 1. The quantitative estimate of drug-likeness (QED) is 0.253. The molecule has 2 aromatic carbocycles. The van der Waals surface area contributed by atoms with E-state index in [0.717, 1.165) is 12.1 Å². The number of imidazole rings is 1. The van der Waals surface area contributed by atoms with Gasteiger partial charge < -0.3 is 25.5 Å². The van der Waals surface area contributed by atoms with Gasteiger partial charge in [0.05, 0.1) is 30.3 Å². The summed E-state index contributed by atoms with van der Waals surface area (Å²) in [5.41, 5.74) is 2.34. The highest BCUT2D eigenvalue weighted by Gasteiger charge is 2.25. The van der Waals surface area contributed by atoms with Gasteiger partial charge in [0.1, 0.15) is 5.56 Å². The van der Waals surface area contributed by atoms with E-state index in [-0.39, 0.29) is 36.9 Å². The summed E-state index contributed by atoms with van der Waals surface area (Å²) < 4.78 is 27.9. The normalized spacial score (nSPS) is 13.2. The highest BCUT2D eigenvalue weighted by atomic mass is 19.2. The Morgan fingerprint density at radius 3 is 2.67 bits per heavy atom. The van der Waals surface area contributed by atoms with E-state index in [9.17, 15) is 28.0 Å². The van der Waals surface area contributed by atoms with Gasteiger partial charge in [-0.3, -0.25) is 19.2 Å². The van der Waals surface area contributed by atoms with Crippen LogP contribution in [0.1, 0.15) is 33.6 Å². The molecule has 1 aliphatic rings. The first kappa shape index (κ1) is 26.2. The van der Waals surface area contributed by atoms with Crippen molar-refractivity contribution >= 4 is 40.7 Å². The Kier molecular flexibility index (Phi) is 7.31. The van der Waals surface area contributed by atoms with E-state index in [4.69, 9.17) is 0 Å². The molecular weight excluding hydrogens is 522 g/mol. The largest absolute Gasteiger partial charge is 0.351 e. The molecule has 0 aliphatic carbocycles. The number of carbonyl (C=O) groups excluding carboxylic acids is 3. The van der Waals surface area contributed by atoms with Crippen LogP contribution in [0.3, 0.4) is 0 Å². The Balaban J connectivity index is 1.18. The van der Waals surface area contributed by atoms with Gasteiger partial charge in [-0.1, -0.05) is 6.07 Å². The Morgan fingerprint density at radius 1 is 1.05 bits per heavy atom. The van der Waals surface area contributed by atoms with Gasteiger partial charge in [-0.2, -0.15) is 0 Å². The van der Waals surface area contributed by atoms with Crippen LogP contribution in [0, 0.1) is 11.6 Å². The molecule has 0 saturated carbocycles. The molecule has 4 aromatic rings. The maximum absolute atomic E-state index is 13.5. The first-order valence-electron chi connectivity index (χ1n) is 12.2. The van der Waals surface area contributed by atoms with Gasteiger partial charge in [0.2, 0.25) is 5.91 Å². The summed E-state index contributed by atoms with van der Waals surface area (Å²) >= 11 is 0. The van der Waals surface area contributed by atoms with Crippen molar-refractivity contribution in [3.05, 3.63) is 112 Å². The molecule has 202 valence electrons. The summed E-state index contributed by atoms with van der Waals surface area (Å²) in [7, 11) is 0. The average molecular weight is 545 g/mol. The lowest BCUT2D eigenvalue weighted by molar-refractivity contribution is -0.116. The van der Waals surface area contributed by atoms with Crippen LogP contribution >= 0.6 is 0 Å². The summed E-state index contributed by atoms with van der Waals surface area (Å²) in [5.74, 6) is -3.37. The maximum atomic E-state index is 13.5. The summed E-state index contributed by atoms with van der Waals surface area (Å²) in [5, 5.41) is 8.05. The second-order valence-corrected chi connectivity index (χ2v) is 8.94. The van der Waals surface area contributed by atoms with Gasteiger partial charge in [0, 0.05) is 36.1 Å². The van der Waals surface area contributed by atoms with Gasteiger partial charge in [-0.15, -0.1) is 0 Å². The van der Waals surface area contributed by atoms with Gasteiger partial charge >= 0.3 is 0 Å². The van der Waals surface area contributed by atoms with Gasteiger partial charge in [-0.25, -0.2) is 13.8 Å². The Hall–Kier alpha value is -5.39. The number of hydrogen-bond acceptors (Lipinski definition) is 5. The minimum Gasteiger partial charge on any atom is -0.351 e. The van der Waals surface area contributed by atoms with Gasteiger partial charge in [-0.05, 0) is 54.1 Å². The number of carbonyl (C=O) groups is 3. The number of amides is 3. The highest BCUT2D eigenvalue weighted by Crippen LogP contribution is 2.34. The summed E-state index contributed by atoms with van der Waals surface area (Å²) in [4.78, 5) is 57.1. The van der Waals surface area contributed by atoms with Crippen molar-refractivity contribution in [3.8, 4) is 0 Å². The van der Waals surface area contributed by atoms with Crippen molar-refractivity contribution in [2.75, 3.05) is 17.2 Å². The lowest BCUT2D eigenvalue weighted by atomic mass is 10.1. The molecule has 0 unspecified atom stereocenters. The van der Waals surface area contributed by atoms with Crippen LogP contribution < -0.4 is 21.5 Å². The minimum atomic E-state index is -1.03. The summed E-state index contributed by atoms with van der Waals surface area (Å²) in [6.07, 6.45) is 6.09. The first-order valence-corrected chi connectivity index (χ1v) is 12.2. The number of fused-ring (bicyclic) bond motifs is 1. The van der Waals surface area contributed by atoms with Gasteiger partial charge in [0.15, 0.2) is 11.6 Å². The van der Waals surface area contributed by atoms with Crippen LogP contribution in [0.5, 0.6) is 0 Å². The number of anilines is 2. The molecule has 3 heterocycles. The molecule has 0 atom stereocenters. The van der Waals surface area contributed by atoms with Crippen LogP contribution in [-0.2, 0) is 16.1 Å². The highest BCUT2D eigenvalue weighted by molar-refractivity contribution is 6.35. The monoisotopic (exact) mass is 544 g/mol. The van der Waals surface area contributed by atoms with Crippen LogP contribution in [-0.4, -0.2) is 38.8 Å². The molecule has 40 heavy (non-hydrogen) atoms. The lowest BCUT2D eigenvalue weighted by Gasteiger charge is -2.10. The van der Waals surface area contributed by atoms with Crippen molar-refractivity contribution in [2.24, 2.45) is 0 Å². The summed E-state index contributed by atoms with van der Waals surface area (Å²) in [6, 6.07) is 11.1. The molecule has 12 heteroatoms. The third-order valence-electron chi connectivity index (χ3n) is 6.14. The van der Waals surface area contributed by atoms with E-state index in [0.29, 0.717) is 33.8 Å². The zero-order chi connectivity index (χ0) is 28.2. The topological polar surface area (TPSA) is 138 Å². The van der Waals surface area contributed by atoms with E-state index in [2.05, 4.69) is 25.9 Å². The number of benzene rings is 2. The fourth-order valence-corrected chi connectivity index (χ4v) is 4.19. The Labute approximate surface area is 225 Å². The molecule has 1 aliphatic heterocycles. The van der Waals surface area contributed by atoms with E-state index in [1.807, 2.05) is 0 Å². The number of pyridine rings is 1. The SMILES string of the molecule is O=C(CCNC(=O)c1cccn(Cc2ccc(F)c(F)c2)c1=O)Nc1ccc2c(c1)/C(=C/c1cnc[nH]1)C(=O)N2. The zero-order valence-electron chi connectivity index (χ0n) is 20.8. The van der Waals surface area contributed by atoms with Crippen LogP contribution in [0.4, 0.5) is 20.2 Å². The van der Waals surface area contributed by atoms with Crippen molar-refractivity contribution in [1.29, 1.82) is 0 Å². The molecular formula is C28H22F2N6O4. The van der Waals surface area contributed by atoms with Crippen LogP contribution in [0.15, 0.2) is 72.0 Å². The zero-order valence-corrected chi connectivity index (χ0v) is 20.8. The van der Waals surface area contributed by atoms with E-state index < -0.39 is 23.1 Å². The second-order valence-electron chi connectivity index (χ2n) is 8.94. The molecule has 10 nitrogen and oxygen atoms in total. The number of aromatic amines is 1. The standard InChI is InChI=1S/C28H22F2N6O4/c29-22-5-3-16(10-23(22)30)14-36-9-1-2-19(28(36)40)26(38)32-8-7-25(37)34-17-4-6-24-20(11-17)21(27(39)35-24)12-18-13-31-15-33-18/h1-6,9-13,15H,7-8,14H2,(H,31,33)(H,32,38)(H,34,37)(H,35,39)/b21-12-. The predicted octanol–water partition coefficient (Wildman–Crippen LogP) is 3.15. The number of rotatable bonds is 8. The van der Waals surface area contributed by atoms with E-state index in [1.165, 1.54) is 35.3 Å². The summed E-state index contributed by atoms with van der Waals surface area (Å²) in [6.45, 7) is -0.0988. The van der Waals surface area contributed by atoms with Gasteiger partial charge in [0.25, 0.3) is 17.4 Å². The Bertz CT molecular complexity index is 1710. The fourth-order valence-electron chi connectivity index (χ4n) is 4.19. The lowest BCUT2D eigenvalue weighted by Crippen LogP contribution is -2.34. The number of nitrogens with one attached hydrogen (secondary N) is 4. The molecule has 0 saturated heterocycles. The maximum Gasteiger partial charge on any atom is 0.263 e. The van der Waals surface area contributed by atoms with E-state index in [1.54, 1.807) is 30.5 Å². The molecule has 2 aromatic heterocycles. The molecule has 0 bridgehead atoms. The third kappa shape index (κ3) is 5.70. The van der Waals surface area contributed by atoms with Crippen LogP contribution in [0.2, 0.25) is 0 Å². The smallest absolute Gasteiger partial charge is 0.263 e. The molecule has 0 radical (unpaired) electrons. The van der Waals surface area contributed by atoms with Crippen LogP contribution in [0.25, 0.3) is 11.6 Å². The average Bonchev–Trinajstić information content (AvgIpc) is 3.55. The number of aromatic nitrogens is 3. The molecule has 3 amide bonds. The number of nitrogens with zero attached hydrogens (tertiary/aromatic N) is 2. The predicted molar refractivity (Wildman–Crippen MR) is 143 cm³/mol. The Morgan fingerprint density at radius 2 is 1.90 bits per heavy atom. The number of hydrogen-bond donors (Lipinski definition) is 4. The molecule has 0 spiro atoms. The van der Waals surface area contributed by atoms with Crippen molar-refractivity contribution in [1.82, 2.24) is 19.9 Å². The van der Waals surface area contributed by atoms with Crippen molar-refractivity contribution in [3.63, 3.8) is 0 Å². The third-order valence-corrected chi connectivity index (χ3v) is 6.14. The second kappa shape index (κ2) is 11.2.